The van der Waals surface area contributed by atoms with Crippen molar-refractivity contribution >= 4 is 17.4 Å². The number of aryl methyl sites for hydroxylation is 3. The first-order chi connectivity index (χ1) is 8.49. The lowest BCUT2D eigenvalue weighted by molar-refractivity contribution is 0.692. The van der Waals surface area contributed by atoms with Crippen molar-refractivity contribution in [3.05, 3.63) is 34.8 Å². The summed E-state index contributed by atoms with van der Waals surface area (Å²) in [6, 6.07) is 2.08. The monoisotopic (exact) mass is 262 g/mol. The van der Waals surface area contributed by atoms with Crippen LogP contribution in [-0.2, 0) is 12.8 Å². The van der Waals surface area contributed by atoms with E-state index in [9.17, 15) is 0 Å². The van der Waals surface area contributed by atoms with Crippen LogP contribution in [0.1, 0.15) is 22.5 Å². The summed E-state index contributed by atoms with van der Waals surface area (Å²) < 4.78 is 1.90. The van der Waals surface area contributed by atoms with Crippen LogP contribution in [0.2, 0.25) is 0 Å². The molecule has 4 nitrogen and oxygen atoms in total. The number of pyridine rings is 1. The fourth-order valence-electron chi connectivity index (χ4n) is 1.80. The zero-order valence-electron chi connectivity index (χ0n) is 11.2. The number of aromatic nitrogens is 3. The van der Waals surface area contributed by atoms with Gasteiger partial charge in [0.05, 0.1) is 16.4 Å². The van der Waals surface area contributed by atoms with Crippen LogP contribution in [0.25, 0.3) is 0 Å². The molecule has 0 saturated carbocycles. The minimum absolute atomic E-state index is 0.815. The Morgan fingerprint density at radius 1 is 1.33 bits per heavy atom. The van der Waals surface area contributed by atoms with E-state index in [1.165, 1.54) is 0 Å². The van der Waals surface area contributed by atoms with Gasteiger partial charge in [-0.25, -0.2) is 0 Å². The Bertz CT molecular complexity index is 575. The van der Waals surface area contributed by atoms with E-state index in [1.807, 2.05) is 38.7 Å². The van der Waals surface area contributed by atoms with Crippen molar-refractivity contribution in [2.24, 2.45) is 7.05 Å². The summed E-state index contributed by atoms with van der Waals surface area (Å²) in [5.74, 6) is 0.815. The molecule has 0 bridgehead atoms. The van der Waals surface area contributed by atoms with E-state index in [0.29, 0.717) is 0 Å². The van der Waals surface area contributed by atoms with Gasteiger partial charge in [0.1, 0.15) is 0 Å². The molecule has 2 aromatic rings. The highest BCUT2D eigenvalue weighted by atomic mass is 32.2. The summed E-state index contributed by atoms with van der Waals surface area (Å²) in [4.78, 5) is 4.46. The molecule has 0 radical (unpaired) electrons. The minimum atomic E-state index is 0.815. The number of rotatable bonds is 3. The molecular formula is C13H18N4S. The number of thioether (sulfide) groups is 1. The Morgan fingerprint density at radius 2 is 2.06 bits per heavy atom. The molecule has 2 heterocycles. The maximum atomic E-state index is 6.02. The van der Waals surface area contributed by atoms with Crippen molar-refractivity contribution in [3.8, 4) is 0 Å². The van der Waals surface area contributed by atoms with E-state index < -0.39 is 0 Å². The van der Waals surface area contributed by atoms with Gasteiger partial charge in [-0.2, -0.15) is 5.10 Å². The Hall–Kier alpha value is -1.49. The summed E-state index contributed by atoms with van der Waals surface area (Å²) >= 11 is 1.73. The van der Waals surface area contributed by atoms with E-state index in [2.05, 4.69) is 16.1 Å². The number of nitrogens with two attached hydrogens (primary N) is 1. The average molecular weight is 262 g/mol. The van der Waals surface area contributed by atoms with E-state index in [-0.39, 0.29) is 0 Å². The smallest absolute Gasteiger partial charge is 0.0943 e. The third-order valence-electron chi connectivity index (χ3n) is 2.99. The highest BCUT2D eigenvalue weighted by Crippen LogP contribution is 2.26. The lowest BCUT2D eigenvalue weighted by atomic mass is 10.1. The zero-order chi connectivity index (χ0) is 13.3. The molecule has 2 aromatic heterocycles. The number of nitrogen functional groups attached to an aromatic ring is 1. The largest absolute Gasteiger partial charge is 0.398 e. The van der Waals surface area contributed by atoms with Crippen molar-refractivity contribution in [1.29, 1.82) is 0 Å². The molecule has 0 unspecified atom stereocenters. The Labute approximate surface area is 112 Å². The van der Waals surface area contributed by atoms with Gasteiger partial charge in [0.15, 0.2) is 0 Å². The van der Waals surface area contributed by atoms with Gasteiger partial charge in [0.2, 0.25) is 0 Å². The highest BCUT2D eigenvalue weighted by Gasteiger charge is 2.08. The van der Waals surface area contributed by atoms with Crippen LogP contribution >= 0.6 is 11.8 Å². The molecule has 0 aliphatic heterocycles. The second kappa shape index (κ2) is 5.02. The Balaban J connectivity index is 2.16. The molecule has 0 fully saturated rings. The average Bonchev–Trinajstić information content (AvgIpc) is 2.64. The predicted molar refractivity (Wildman–Crippen MR) is 75.6 cm³/mol. The number of hydrogen-bond acceptors (Lipinski definition) is 4. The summed E-state index contributed by atoms with van der Waals surface area (Å²) in [6.45, 7) is 6.01. The van der Waals surface area contributed by atoms with Crippen molar-refractivity contribution in [2.45, 2.75) is 31.6 Å². The minimum Gasteiger partial charge on any atom is -0.398 e. The Morgan fingerprint density at radius 3 is 2.67 bits per heavy atom. The fourth-order valence-corrected chi connectivity index (χ4v) is 2.86. The first kappa shape index (κ1) is 13.0. The first-order valence-electron chi connectivity index (χ1n) is 5.83. The SMILES string of the molecule is Cc1cc(SCc2ncc(C)c(N)c2C)n(C)n1. The molecule has 2 rings (SSSR count). The molecule has 2 N–H and O–H groups in total. The van der Waals surface area contributed by atoms with Gasteiger partial charge >= 0.3 is 0 Å². The zero-order valence-corrected chi connectivity index (χ0v) is 12.0. The van der Waals surface area contributed by atoms with E-state index in [0.717, 1.165) is 39.0 Å². The van der Waals surface area contributed by atoms with Gasteiger partial charge in [0.25, 0.3) is 0 Å². The van der Waals surface area contributed by atoms with E-state index in [1.54, 1.807) is 11.8 Å². The lowest BCUT2D eigenvalue weighted by Crippen LogP contribution is -2.01. The standard InChI is InChI=1S/C13H18N4S/c1-8-6-15-11(10(3)13(8)14)7-18-12-5-9(2)16-17(12)4/h5-6H,7H2,1-4H3,(H2,14,15). The van der Waals surface area contributed by atoms with Crippen LogP contribution < -0.4 is 5.73 Å². The van der Waals surface area contributed by atoms with Crippen molar-refractivity contribution in [3.63, 3.8) is 0 Å². The molecule has 0 aliphatic carbocycles. The molecule has 0 atom stereocenters. The summed E-state index contributed by atoms with van der Waals surface area (Å²) in [5.41, 5.74) is 11.1. The molecule has 0 aliphatic rings. The molecule has 0 aromatic carbocycles. The van der Waals surface area contributed by atoms with E-state index in [4.69, 9.17) is 5.73 Å². The third-order valence-corrected chi connectivity index (χ3v) is 4.09. The Kier molecular flexibility index (Phi) is 3.61. The van der Waals surface area contributed by atoms with Crippen molar-refractivity contribution < 1.29 is 0 Å². The molecular weight excluding hydrogens is 244 g/mol. The summed E-state index contributed by atoms with van der Waals surface area (Å²) in [6.07, 6.45) is 1.84. The van der Waals surface area contributed by atoms with Crippen LogP contribution in [-0.4, -0.2) is 14.8 Å². The number of nitrogens with zero attached hydrogens (tertiary/aromatic N) is 3. The molecule has 96 valence electrons. The maximum absolute atomic E-state index is 6.02. The van der Waals surface area contributed by atoms with Gasteiger partial charge in [-0.05, 0) is 38.0 Å². The van der Waals surface area contributed by atoms with Gasteiger partial charge in [-0.1, -0.05) is 0 Å². The topological polar surface area (TPSA) is 56.7 Å². The molecule has 18 heavy (non-hydrogen) atoms. The van der Waals surface area contributed by atoms with Crippen LogP contribution in [0.15, 0.2) is 17.3 Å². The van der Waals surface area contributed by atoms with Gasteiger partial charge < -0.3 is 5.73 Å². The fraction of sp³-hybridized carbons (Fsp3) is 0.385. The maximum Gasteiger partial charge on any atom is 0.0943 e. The van der Waals surface area contributed by atoms with Crippen LogP contribution in [0, 0.1) is 20.8 Å². The van der Waals surface area contributed by atoms with Crippen molar-refractivity contribution in [1.82, 2.24) is 14.8 Å². The number of anilines is 1. The normalized spacial score (nSPS) is 10.9. The van der Waals surface area contributed by atoms with Crippen LogP contribution in [0.3, 0.4) is 0 Å². The van der Waals surface area contributed by atoms with Gasteiger partial charge in [-0.3, -0.25) is 9.67 Å². The third kappa shape index (κ3) is 2.51. The van der Waals surface area contributed by atoms with Crippen LogP contribution in [0.4, 0.5) is 5.69 Å². The van der Waals surface area contributed by atoms with Gasteiger partial charge in [-0.15, -0.1) is 11.8 Å². The molecule has 0 saturated heterocycles. The quantitative estimate of drug-likeness (QED) is 0.864. The first-order valence-corrected chi connectivity index (χ1v) is 6.81. The van der Waals surface area contributed by atoms with Gasteiger partial charge in [0, 0.05) is 24.7 Å². The lowest BCUT2D eigenvalue weighted by Gasteiger charge is -2.09. The van der Waals surface area contributed by atoms with Crippen LogP contribution in [0.5, 0.6) is 0 Å². The number of hydrogen-bond donors (Lipinski definition) is 1. The summed E-state index contributed by atoms with van der Waals surface area (Å²) in [7, 11) is 1.96. The predicted octanol–water partition coefficient (Wildman–Crippen LogP) is 2.61. The summed E-state index contributed by atoms with van der Waals surface area (Å²) in [5, 5.41) is 5.47. The molecule has 0 spiro atoms. The second-order valence-electron chi connectivity index (χ2n) is 4.46. The highest BCUT2D eigenvalue weighted by molar-refractivity contribution is 7.98. The molecule has 0 amide bonds. The van der Waals surface area contributed by atoms with Crippen molar-refractivity contribution in [2.75, 3.05) is 5.73 Å². The molecule has 5 heteroatoms. The van der Waals surface area contributed by atoms with E-state index >= 15 is 0 Å². The second-order valence-corrected chi connectivity index (χ2v) is 5.46.